The van der Waals surface area contributed by atoms with Crippen molar-refractivity contribution in [2.24, 2.45) is 11.7 Å². The van der Waals surface area contributed by atoms with E-state index in [1.807, 2.05) is 0 Å². The number of carboxylic acids is 1. The molecule has 106 valence electrons. The second kappa shape index (κ2) is 11.2. The van der Waals surface area contributed by atoms with Crippen LogP contribution >= 0.6 is 0 Å². The van der Waals surface area contributed by atoms with Gasteiger partial charge in [0, 0.05) is 6.42 Å². The fraction of sp³-hybridized carbons (Fsp3) is 0.857. The van der Waals surface area contributed by atoms with E-state index in [9.17, 15) is 9.59 Å². The van der Waals surface area contributed by atoms with Crippen molar-refractivity contribution in [3.8, 4) is 0 Å². The SMILES string of the molecule is CCCCCCCC(=O)C(CCCCN)C(=O)O. The second-order valence-electron chi connectivity index (χ2n) is 4.81. The van der Waals surface area contributed by atoms with Crippen molar-refractivity contribution in [1.29, 1.82) is 0 Å². The van der Waals surface area contributed by atoms with Gasteiger partial charge in [-0.15, -0.1) is 0 Å². The average molecular weight is 257 g/mol. The van der Waals surface area contributed by atoms with Gasteiger partial charge in [0.05, 0.1) is 0 Å². The molecule has 0 fully saturated rings. The maximum atomic E-state index is 11.8. The van der Waals surface area contributed by atoms with Crippen molar-refractivity contribution >= 4 is 11.8 Å². The van der Waals surface area contributed by atoms with Gasteiger partial charge in [0.1, 0.15) is 11.7 Å². The molecule has 0 bridgehead atoms. The largest absolute Gasteiger partial charge is 0.481 e. The maximum absolute atomic E-state index is 11.8. The number of carbonyl (C=O) groups excluding carboxylic acids is 1. The molecule has 0 heterocycles. The molecule has 0 radical (unpaired) electrons. The van der Waals surface area contributed by atoms with Crippen molar-refractivity contribution in [2.45, 2.75) is 64.7 Å². The Morgan fingerprint density at radius 1 is 1.06 bits per heavy atom. The Bertz CT molecular complexity index is 241. The van der Waals surface area contributed by atoms with Crippen LogP contribution in [0.5, 0.6) is 0 Å². The molecule has 4 heteroatoms. The lowest BCUT2D eigenvalue weighted by Crippen LogP contribution is -2.24. The Morgan fingerprint density at radius 3 is 2.28 bits per heavy atom. The molecule has 1 atom stereocenters. The topological polar surface area (TPSA) is 80.4 Å². The molecule has 1 unspecified atom stereocenters. The monoisotopic (exact) mass is 257 g/mol. The number of carbonyl (C=O) groups is 2. The quantitative estimate of drug-likeness (QED) is 0.416. The number of hydrogen-bond donors (Lipinski definition) is 2. The van der Waals surface area contributed by atoms with Crippen LogP contribution < -0.4 is 5.73 Å². The molecule has 0 aliphatic rings. The van der Waals surface area contributed by atoms with E-state index >= 15 is 0 Å². The van der Waals surface area contributed by atoms with E-state index in [0.29, 0.717) is 19.4 Å². The number of rotatable bonds is 12. The van der Waals surface area contributed by atoms with Gasteiger partial charge in [0.2, 0.25) is 0 Å². The van der Waals surface area contributed by atoms with E-state index in [0.717, 1.165) is 32.1 Å². The smallest absolute Gasteiger partial charge is 0.314 e. The second-order valence-corrected chi connectivity index (χ2v) is 4.81. The van der Waals surface area contributed by atoms with Gasteiger partial charge < -0.3 is 10.8 Å². The molecule has 3 N–H and O–H groups in total. The van der Waals surface area contributed by atoms with Crippen LogP contribution in [0.15, 0.2) is 0 Å². The van der Waals surface area contributed by atoms with Gasteiger partial charge in [0.25, 0.3) is 0 Å². The average Bonchev–Trinajstić information content (AvgIpc) is 2.33. The number of hydrogen-bond acceptors (Lipinski definition) is 3. The third kappa shape index (κ3) is 8.23. The first-order valence-electron chi connectivity index (χ1n) is 7.09. The number of carboxylic acid groups (broad SMARTS) is 1. The Morgan fingerprint density at radius 2 is 1.72 bits per heavy atom. The van der Waals surface area contributed by atoms with Gasteiger partial charge in [-0.25, -0.2) is 0 Å². The van der Waals surface area contributed by atoms with Gasteiger partial charge in [-0.3, -0.25) is 9.59 Å². The summed E-state index contributed by atoms with van der Waals surface area (Å²) in [5.74, 6) is -1.91. The Balaban J connectivity index is 3.88. The van der Waals surface area contributed by atoms with E-state index in [2.05, 4.69) is 6.92 Å². The summed E-state index contributed by atoms with van der Waals surface area (Å²) in [4.78, 5) is 22.8. The number of ketones is 1. The zero-order valence-corrected chi connectivity index (χ0v) is 11.5. The molecule has 0 aromatic rings. The summed E-state index contributed by atoms with van der Waals surface area (Å²) in [6.45, 7) is 2.70. The van der Waals surface area contributed by atoms with E-state index in [1.165, 1.54) is 12.8 Å². The Kier molecular flexibility index (Phi) is 10.6. The van der Waals surface area contributed by atoms with E-state index in [-0.39, 0.29) is 5.78 Å². The van der Waals surface area contributed by atoms with Gasteiger partial charge in [-0.1, -0.05) is 39.0 Å². The summed E-state index contributed by atoms with van der Waals surface area (Å²) in [6.07, 6.45) is 7.67. The summed E-state index contributed by atoms with van der Waals surface area (Å²) in [6, 6.07) is 0. The minimum Gasteiger partial charge on any atom is -0.481 e. The molecule has 0 saturated heterocycles. The first-order valence-corrected chi connectivity index (χ1v) is 7.09. The lowest BCUT2D eigenvalue weighted by molar-refractivity contribution is -0.146. The molecule has 0 aromatic heterocycles. The van der Waals surface area contributed by atoms with E-state index < -0.39 is 11.9 Å². The molecule has 4 nitrogen and oxygen atoms in total. The zero-order valence-electron chi connectivity index (χ0n) is 11.5. The predicted molar refractivity (Wildman–Crippen MR) is 72.4 cm³/mol. The van der Waals surface area contributed by atoms with Crippen LogP contribution in [0.25, 0.3) is 0 Å². The van der Waals surface area contributed by atoms with Crippen LogP contribution in [-0.2, 0) is 9.59 Å². The normalized spacial score (nSPS) is 12.3. The van der Waals surface area contributed by atoms with Crippen molar-refractivity contribution in [1.82, 2.24) is 0 Å². The van der Waals surface area contributed by atoms with Gasteiger partial charge in [-0.05, 0) is 25.8 Å². The highest BCUT2D eigenvalue weighted by Crippen LogP contribution is 2.15. The van der Waals surface area contributed by atoms with Gasteiger partial charge >= 0.3 is 5.97 Å². The molecular weight excluding hydrogens is 230 g/mol. The number of aliphatic carboxylic acids is 1. The first-order chi connectivity index (χ1) is 8.63. The van der Waals surface area contributed by atoms with Crippen molar-refractivity contribution in [3.05, 3.63) is 0 Å². The Labute approximate surface area is 110 Å². The molecule has 0 aromatic carbocycles. The van der Waals surface area contributed by atoms with Crippen LogP contribution in [0.1, 0.15) is 64.7 Å². The molecular formula is C14H27NO3. The summed E-state index contributed by atoms with van der Waals surface area (Å²) < 4.78 is 0. The first kappa shape index (κ1) is 17.1. The number of nitrogens with two attached hydrogens (primary N) is 1. The molecule has 0 spiro atoms. The molecule has 0 aliphatic heterocycles. The third-order valence-electron chi connectivity index (χ3n) is 3.16. The minimum absolute atomic E-state index is 0.115. The zero-order chi connectivity index (χ0) is 13.8. The summed E-state index contributed by atoms with van der Waals surface area (Å²) >= 11 is 0. The number of Topliss-reactive ketones (excluding diaryl/α,β-unsaturated/α-hetero) is 1. The standard InChI is InChI=1S/C14H27NO3/c1-2-3-4-5-6-10-13(16)12(14(17)18)9-7-8-11-15/h12H,2-11,15H2,1H3,(H,17,18). The molecule has 0 saturated carbocycles. The van der Waals surface area contributed by atoms with E-state index in [4.69, 9.17) is 10.8 Å². The highest BCUT2D eigenvalue weighted by Gasteiger charge is 2.24. The highest BCUT2D eigenvalue weighted by atomic mass is 16.4. The molecule has 0 rings (SSSR count). The third-order valence-corrected chi connectivity index (χ3v) is 3.16. The summed E-state index contributed by atoms with van der Waals surface area (Å²) in [5, 5.41) is 9.03. The van der Waals surface area contributed by atoms with Crippen LogP contribution in [-0.4, -0.2) is 23.4 Å². The lowest BCUT2D eigenvalue weighted by Gasteiger charge is -2.10. The van der Waals surface area contributed by atoms with Crippen LogP contribution in [0, 0.1) is 5.92 Å². The predicted octanol–water partition coefficient (Wildman–Crippen LogP) is 2.75. The van der Waals surface area contributed by atoms with Crippen LogP contribution in [0.4, 0.5) is 0 Å². The van der Waals surface area contributed by atoms with Gasteiger partial charge in [-0.2, -0.15) is 0 Å². The summed E-state index contributed by atoms with van der Waals surface area (Å²) in [7, 11) is 0. The van der Waals surface area contributed by atoms with Gasteiger partial charge in [0.15, 0.2) is 0 Å². The van der Waals surface area contributed by atoms with Crippen LogP contribution in [0.3, 0.4) is 0 Å². The van der Waals surface area contributed by atoms with Crippen molar-refractivity contribution in [2.75, 3.05) is 6.54 Å². The molecule has 0 aliphatic carbocycles. The number of unbranched alkanes of at least 4 members (excludes halogenated alkanes) is 5. The van der Waals surface area contributed by atoms with Crippen molar-refractivity contribution < 1.29 is 14.7 Å². The fourth-order valence-electron chi connectivity index (χ4n) is 1.99. The molecule has 18 heavy (non-hydrogen) atoms. The minimum atomic E-state index is -0.981. The maximum Gasteiger partial charge on any atom is 0.314 e. The Hall–Kier alpha value is -0.900. The highest BCUT2D eigenvalue weighted by molar-refractivity contribution is 5.98. The van der Waals surface area contributed by atoms with E-state index in [1.54, 1.807) is 0 Å². The lowest BCUT2D eigenvalue weighted by atomic mass is 9.93. The van der Waals surface area contributed by atoms with Crippen molar-refractivity contribution in [3.63, 3.8) is 0 Å². The molecule has 0 amide bonds. The van der Waals surface area contributed by atoms with Crippen LogP contribution in [0.2, 0.25) is 0 Å². The fourth-order valence-corrected chi connectivity index (χ4v) is 1.99. The summed E-state index contributed by atoms with van der Waals surface area (Å²) in [5.41, 5.74) is 5.36.